The molecule has 0 saturated carbocycles. The summed E-state index contributed by atoms with van der Waals surface area (Å²) in [5.74, 6) is 0.401. The molecule has 1 aliphatic rings. The number of hydrogen-bond acceptors (Lipinski definition) is 5. The van der Waals surface area contributed by atoms with Gasteiger partial charge < -0.3 is 15.8 Å². The summed E-state index contributed by atoms with van der Waals surface area (Å²) in [6.07, 6.45) is 1.57. The molecule has 102 valence electrons. The minimum absolute atomic E-state index is 0.0116. The maximum absolute atomic E-state index is 11.3. The van der Waals surface area contributed by atoms with Crippen molar-refractivity contribution in [2.75, 3.05) is 17.7 Å². The van der Waals surface area contributed by atoms with Gasteiger partial charge in [0.2, 0.25) is 0 Å². The zero-order valence-corrected chi connectivity index (χ0v) is 11.8. The molecule has 5 nitrogen and oxygen atoms in total. The number of fused-ring (bicyclic) bond motifs is 1. The fraction of sp³-hybridized carbons (Fsp3) is 0.0769. The third-order valence-electron chi connectivity index (χ3n) is 2.66. The zero-order chi connectivity index (χ0) is 14.1. The van der Waals surface area contributed by atoms with Crippen molar-refractivity contribution in [2.24, 2.45) is 0 Å². The van der Waals surface area contributed by atoms with Crippen molar-refractivity contribution >= 4 is 40.6 Å². The monoisotopic (exact) mass is 307 g/mol. The van der Waals surface area contributed by atoms with E-state index in [1.807, 2.05) is 0 Å². The van der Waals surface area contributed by atoms with Gasteiger partial charge in [-0.3, -0.25) is 4.79 Å². The van der Waals surface area contributed by atoms with Crippen LogP contribution in [0.1, 0.15) is 0 Å². The van der Waals surface area contributed by atoms with Crippen LogP contribution in [0.5, 0.6) is 5.75 Å². The van der Waals surface area contributed by atoms with E-state index in [9.17, 15) is 4.79 Å². The third-order valence-corrected chi connectivity index (χ3v) is 3.91. The number of halogens is 1. The first-order valence-corrected chi connectivity index (χ1v) is 6.97. The normalized spacial score (nSPS) is 13.3. The molecule has 2 aromatic rings. The molecule has 0 unspecified atom stereocenters. The van der Waals surface area contributed by atoms with Crippen molar-refractivity contribution < 1.29 is 9.53 Å². The second-order valence-corrected chi connectivity index (χ2v) is 5.64. The largest absolute Gasteiger partial charge is 0.482 e. The van der Waals surface area contributed by atoms with Gasteiger partial charge in [-0.15, -0.1) is 0 Å². The SMILES string of the molecule is Nc1cc2c(cc1Sc1ccc(Cl)cn1)NC(=O)CO2. The Labute approximate surface area is 124 Å². The fourth-order valence-corrected chi connectivity index (χ4v) is 2.68. The molecule has 0 aliphatic carbocycles. The topological polar surface area (TPSA) is 77.2 Å². The molecule has 0 atom stereocenters. The van der Waals surface area contributed by atoms with Crippen LogP contribution in [0.25, 0.3) is 0 Å². The molecular formula is C13H10ClN3O2S. The number of carbonyl (C=O) groups is 1. The van der Waals surface area contributed by atoms with E-state index in [0.717, 1.165) is 9.92 Å². The summed E-state index contributed by atoms with van der Waals surface area (Å²) in [6, 6.07) is 7.05. The molecule has 0 fully saturated rings. The van der Waals surface area contributed by atoms with Gasteiger partial charge in [0.1, 0.15) is 10.8 Å². The number of nitrogens with two attached hydrogens (primary N) is 1. The summed E-state index contributed by atoms with van der Waals surface area (Å²) in [5, 5.41) is 4.09. The number of nitrogen functional groups attached to an aromatic ring is 1. The molecule has 0 saturated heterocycles. The number of anilines is 2. The average molecular weight is 308 g/mol. The van der Waals surface area contributed by atoms with Crippen LogP contribution >= 0.6 is 23.4 Å². The lowest BCUT2D eigenvalue weighted by atomic mass is 10.2. The van der Waals surface area contributed by atoms with Gasteiger partial charge in [-0.2, -0.15) is 0 Å². The molecule has 0 radical (unpaired) electrons. The molecular weight excluding hydrogens is 298 g/mol. The molecule has 1 aromatic carbocycles. The Bertz CT molecular complexity index is 676. The van der Waals surface area contributed by atoms with Gasteiger partial charge in [-0.25, -0.2) is 4.98 Å². The number of hydrogen-bond donors (Lipinski definition) is 2. The van der Waals surface area contributed by atoms with Crippen molar-refractivity contribution in [1.82, 2.24) is 4.98 Å². The zero-order valence-electron chi connectivity index (χ0n) is 10.2. The number of carbonyl (C=O) groups excluding carboxylic acids is 1. The molecule has 1 aliphatic heterocycles. The molecule has 20 heavy (non-hydrogen) atoms. The quantitative estimate of drug-likeness (QED) is 0.834. The van der Waals surface area contributed by atoms with Gasteiger partial charge in [-0.1, -0.05) is 23.4 Å². The minimum Gasteiger partial charge on any atom is -0.482 e. The van der Waals surface area contributed by atoms with Crippen LogP contribution in [0.2, 0.25) is 5.02 Å². The molecule has 3 N–H and O–H groups in total. The lowest BCUT2D eigenvalue weighted by molar-refractivity contribution is -0.118. The second-order valence-electron chi connectivity index (χ2n) is 4.14. The predicted molar refractivity (Wildman–Crippen MR) is 78.3 cm³/mol. The van der Waals surface area contributed by atoms with Crippen LogP contribution in [0.3, 0.4) is 0 Å². The van der Waals surface area contributed by atoms with Gasteiger partial charge >= 0.3 is 0 Å². The van der Waals surface area contributed by atoms with Crippen molar-refractivity contribution in [2.45, 2.75) is 9.92 Å². The molecule has 0 spiro atoms. The Balaban J connectivity index is 1.91. The summed E-state index contributed by atoms with van der Waals surface area (Å²) in [7, 11) is 0. The standard InChI is InChI=1S/C13H10ClN3O2S/c14-7-1-2-13(16-5-7)20-11-4-9-10(3-8(11)15)19-6-12(18)17-9/h1-5H,6,15H2,(H,17,18). The maximum Gasteiger partial charge on any atom is 0.262 e. The van der Waals surface area contributed by atoms with Crippen LogP contribution in [-0.2, 0) is 4.79 Å². The molecule has 0 bridgehead atoms. The summed E-state index contributed by atoms with van der Waals surface area (Å²) in [4.78, 5) is 16.3. The minimum atomic E-state index is -0.178. The van der Waals surface area contributed by atoms with E-state index in [2.05, 4.69) is 10.3 Å². The number of nitrogens with zero attached hydrogens (tertiary/aromatic N) is 1. The van der Waals surface area contributed by atoms with E-state index in [0.29, 0.717) is 22.1 Å². The Kier molecular flexibility index (Phi) is 3.42. The predicted octanol–water partition coefficient (Wildman–Crippen LogP) is 2.80. The number of aromatic nitrogens is 1. The van der Waals surface area contributed by atoms with Gasteiger partial charge in [0, 0.05) is 22.8 Å². The highest BCUT2D eigenvalue weighted by Crippen LogP contribution is 2.39. The van der Waals surface area contributed by atoms with Crippen LogP contribution in [0.4, 0.5) is 11.4 Å². The van der Waals surface area contributed by atoms with Crippen LogP contribution in [0.15, 0.2) is 40.4 Å². The summed E-state index contributed by atoms with van der Waals surface area (Å²) in [5.41, 5.74) is 7.18. The Morgan fingerprint density at radius 2 is 2.25 bits per heavy atom. The highest BCUT2D eigenvalue weighted by Gasteiger charge is 2.18. The fourth-order valence-electron chi connectivity index (χ4n) is 1.75. The number of nitrogens with one attached hydrogen (secondary N) is 1. The van der Waals surface area contributed by atoms with Gasteiger partial charge in [0.15, 0.2) is 6.61 Å². The van der Waals surface area contributed by atoms with Gasteiger partial charge in [-0.05, 0) is 18.2 Å². The van der Waals surface area contributed by atoms with Gasteiger partial charge in [0.05, 0.1) is 10.7 Å². The van der Waals surface area contributed by atoms with Crippen molar-refractivity contribution in [3.05, 3.63) is 35.5 Å². The lowest BCUT2D eigenvalue weighted by Crippen LogP contribution is -2.25. The van der Waals surface area contributed by atoms with Crippen molar-refractivity contribution in [3.8, 4) is 5.75 Å². The van der Waals surface area contributed by atoms with Crippen molar-refractivity contribution in [3.63, 3.8) is 0 Å². The number of amides is 1. The second kappa shape index (κ2) is 5.22. The number of benzene rings is 1. The van der Waals surface area contributed by atoms with Crippen LogP contribution < -0.4 is 15.8 Å². The van der Waals surface area contributed by atoms with E-state index in [1.165, 1.54) is 11.8 Å². The maximum atomic E-state index is 11.3. The summed E-state index contributed by atoms with van der Waals surface area (Å²) >= 11 is 7.19. The Hall–Kier alpha value is -1.92. The third kappa shape index (κ3) is 2.66. The summed E-state index contributed by atoms with van der Waals surface area (Å²) in [6.45, 7) is 0.0116. The Morgan fingerprint density at radius 3 is 3.00 bits per heavy atom. The number of rotatable bonds is 2. The first-order valence-electron chi connectivity index (χ1n) is 5.77. The average Bonchev–Trinajstić information content (AvgIpc) is 2.42. The molecule has 7 heteroatoms. The van der Waals surface area contributed by atoms with Crippen LogP contribution in [-0.4, -0.2) is 17.5 Å². The summed E-state index contributed by atoms with van der Waals surface area (Å²) < 4.78 is 5.30. The van der Waals surface area contributed by atoms with Gasteiger partial charge in [0.25, 0.3) is 5.91 Å². The van der Waals surface area contributed by atoms with Crippen molar-refractivity contribution in [1.29, 1.82) is 0 Å². The van der Waals surface area contributed by atoms with Crippen LogP contribution in [0, 0.1) is 0 Å². The first kappa shape index (κ1) is 13.1. The number of ether oxygens (including phenoxy) is 1. The van der Waals surface area contributed by atoms with E-state index >= 15 is 0 Å². The molecule has 3 rings (SSSR count). The van der Waals surface area contributed by atoms with E-state index < -0.39 is 0 Å². The van der Waals surface area contributed by atoms with E-state index in [1.54, 1.807) is 30.5 Å². The smallest absolute Gasteiger partial charge is 0.262 e. The number of pyridine rings is 1. The Morgan fingerprint density at radius 1 is 1.40 bits per heavy atom. The molecule has 2 heterocycles. The van der Waals surface area contributed by atoms with E-state index in [-0.39, 0.29) is 12.5 Å². The lowest BCUT2D eigenvalue weighted by Gasteiger charge is -2.19. The molecule has 1 aromatic heterocycles. The molecule has 1 amide bonds. The first-order chi connectivity index (χ1) is 9.61. The highest BCUT2D eigenvalue weighted by atomic mass is 35.5. The highest BCUT2D eigenvalue weighted by molar-refractivity contribution is 7.99. The van der Waals surface area contributed by atoms with E-state index in [4.69, 9.17) is 22.1 Å².